The lowest BCUT2D eigenvalue weighted by Gasteiger charge is -2.29. The number of anilines is 1. The molecule has 226 valence electrons. The highest BCUT2D eigenvalue weighted by atomic mass is 19.2. The summed E-state index contributed by atoms with van der Waals surface area (Å²) in [6.07, 6.45) is -0.836. The lowest BCUT2D eigenvalue weighted by molar-refractivity contribution is -0.154. The molecule has 3 atom stereocenters. The highest BCUT2D eigenvalue weighted by molar-refractivity contribution is 5.90. The van der Waals surface area contributed by atoms with E-state index < -0.39 is 29.8 Å². The fourth-order valence-electron chi connectivity index (χ4n) is 5.00. The fraction of sp³-hybridized carbons (Fsp3) is 0.448. The number of aromatic nitrogens is 2. The van der Waals surface area contributed by atoms with Gasteiger partial charge in [-0.25, -0.2) is 18.3 Å². The van der Waals surface area contributed by atoms with Gasteiger partial charge in [0.2, 0.25) is 5.88 Å². The van der Waals surface area contributed by atoms with Crippen LogP contribution in [0.2, 0.25) is 0 Å². The van der Waals surface area contributed by atoms with E-state index in [1.807, 2.05) is 44.3 Å². The second-order valence-corrected chi connectivity index (χ2v) is 10.4. The number of nitrogens with zero attached hydrogens (tertiary/aromatic N) is 4. The molecule has 2 saturated heterocycles. The van der Waals surface area contributed by atoms with Crippen molar-refractivity contribution in [3.63, 3.8) is 0 Å². The second kappa shape index (κ2) is 13.6. The lowest BCUT2D eigenvalue weighted by atomic mass is 10.0. The Morgan fingerprint density at radius 3 is 2.69 bits per heavy atom. The van der Waals surface area contributed by atoms with Gasteiger partial charge in [-0.15, -0.1) is 5.10 Å². The van der Waals surface area contributed by atoms with Crippen molar-refractivity contribution in [2.24, 2.45) is 0 Å². The number of morpholine rings is 1. The molecule has 3 aromatic rings. The quantitative estimate of drug-likeness (QED) is 0.373. The number of carbonyl (C=O) groups is 1. The van der Waals surface area contributed by atoms with Crippen molar-refractivity contribution >= 4 is 11.8 Å². The topological polar surface area (TPSA) is 102 Å². The number of ether oxygens (including phenoxy) is 3. The Balaban J connectivity index is 1.34. The highest BCUT2D eigenvalue weighted by Crippen LogP contribution is 2.32. The normalized spacial score (nSPS) is 21.4. The molecule has 1 aromatic heterocycles. The van der Waals surface area contributed by atoms with Crippen LogP contribution in [0.1, 0.15) is 17.2 Å². The van der Waals surface area contributed by atoms with E-state index in [9.17, 15) is 13.6 Å². The molecule has 0 saturated carbocycles. The first-order chi connectivity index (χ1) is 20.3. The van der Waals surface area contributed by atoms with Gasteiger partial charge in [-0.2, -0.15) is 5.06 Å². The summed E-state index contributed by atoms with van der Waals surface area (Å²) in [5, 5.41) is 12.1. The molecule has 2 aliphatic heterocycles. The molecule has 2 fully saturated rings. The van der Waals surface area contributed by atoms with Crippen molar-refractivity contribution in [2.75, 3.05) is 65.5 Å². The van der Waals surface area contributed by atoms with Crippen LogP contribution in [0, 0.1) is 18.6 Å². The number of para-hydroxylation sites is 1. The molecule has 0 spiro atoms. The number of hydrogen-bond acceptors (Lipinski definition) is 8. The average molecular weight is 587 g/mol. The van der Waals surface area contributed by atoms with Gasteiger partial charge in [-0.1, -0.05) is 24.3 Å². The van der Waals surface area contributed by atoms with Crippen LogP contribution >= 0.6 is 0 Å². The van der Waals surface area contributed by atoms with Crippen LogP contribution in [0.25, 0.3) is 5.69 Å². The number of halogens is 2. The predicted molar refractivity (Wildman–Crippen MR) is 151 cm³/mol. The maximum atomic E-state index is 14.1. The van der Waals surface area contributed by atoms with Crippen molar-refractivity contribution in [3.8, 4) is 11.6 Å². The number of hydroxylamine groups is 2. The first-order valence-electron chi connectivity index (χ1n) is 13.8. The molecule has 3 heterocycles. The van der Waals surface area contributed by atoms with E-state index in [-0.39, 0.29) is 6.10 Å². The number of nitrogens with one attached hydrogen (secondary N) is 2. The van der Waals surface area contributed by atoms with E-state index in [4.69, 9.17) is 19.0 Å². The summed E-state index contributed by atoms with van der Waals surface area (Å²) in [4.78, 5) is 21.6. The zero-order chi connectivity index (χ0) is 29.6. The summed E-state index contributed by atoms with van der Waals surface area (Å²) in [5.41, 5.74) is 1.77. The third-order valence-electron chi connectivity index (χ3n) is 7.22. The molecule has 0 radical (unpaired) electrons. The van der Waals surface area contributed by atoms with Crippen molar-refractivity contribution < 1.29 is 32.6 Å². The third kappa shape index (κ3) is 7.05. The standard InChI is InChI=1S/C29H36F2N6O5/c1-19-27(37(21-7-5-4-6-8-21)34-28(19)41-18-22-16-35(2)11-14-40-22)33-29(38)32-25-17-36(12-13-39-3)42-26(25)20-9-10-23(30)24(31)15-20/h4-10,15,22,25-26H,11-14,16-18H2,1-3H3,(H2,32,33,38)/t22?,25-,26+/m1/s1. The van der Waals surface area contributed by atoms with E-state index in [0.717, 1.165) is 30.9 Å². The van der Waals surface area contributed by atoms with Crippen LogP contribution in [0.3, 0.4) is 0 Å². The van der Waals surface area contributed by atoms with Crippen LogP contribution in [0.5, 0.6) is 5.88 Å². The van der Waals surface area contributed by atoms with Crippen molar-refractivity contribution in [1.82, 2.24) is 25.1 Å². The molecule has 42 heavy (non-hydrogen) atoms. The molecular weight excluding hydrogens is 550 g/mol. The number of rotatable bonds is 10. The largest absolute Gasteiger partial charge is 0.474 e. The van der Waals surface area contributed by atoms with E-state index in [2.05, 4.69) is 20.6 Å². The van der Waals surface area contributed by atoms with Crippen LogP contribution in [-0.4, -0.2) is 98.1 Å². The van der Waals surface area contributed by atoms with Gasteiger partial charge in [0.25, 0.3) is 0 Å². The Bertz CT molecular complexity index is 1360. The molecule has 2 amide bonds. The van der Waals surface area contributed by atoms with Crippen LogP contribution in [0.4, 0.5) is 19.4 Å². The Kier molecular flexibility index (Phi) is 9.65. The first-order valence-corrected chi connectivity index (χ1v) is 13.8. The zero-order valence-corrected chi connectivity index (χ0v) is 23.9. The molecule has 2 N–H and O–H groups in total. The van der Waals surface area contributed by atoms with Gasteiger partial charge in [-0.05, 0) is 43.8 Å². The smallest absolute Gasteiger partial charge is 0.320 e. The number of carbonyl (C=O) groups excluding carboxylic acids is 1. The van der Waals surface area contributed by atoms with Gasteiger partial charge >= 0.3 is 6.03 Å². The van der Waals surface area contributed by atoms with Gasteiger partial charge in [0.1, 0.15) is 24.6 Å². The molecule has 5 rings (SSSR count). The van der Waals surface area contributed by atoms with Gasteiger partial charge in [0, 0.05) is 33.3 Å². The maximum absolute atomic E-state index is 14.1. The van der Waals surface area contributed by atoms with Gasteiger partial charge in [0.05, 0.1) is 30.5 Å². The Hall–Kier alpha value is -3.62. The van der Waals surface area contributed by atoms with Gasteiger partial charge in [-0.3, -0.25) is 10.2 Å². The molecule has 1 unspecified atom stereocenters. The van der Waals surface area contributed by atoms with Crippen molar-refractivity contribution in [2.45, 2.75) is 25.2 Å². The highest BCUT2D eigenvalue weighted by Gasteiger charge is 2.37. The minimum absolute atomic E-state index is 0.0959. The van der Waals surface area contributed by atoms with Gasteiger partial charge in [0.15, 0.2) is 11.6 Å². The average Bonchev–Trinajstić information content (AvgIpc) is 3.52. The Labute approximate surface area is 243 Å². The molecule has 0 bridgehead atoms. The fourth-order valence-corrected chi connectivity index (χ4v) is 5.00. The predicted octanol–water partition coefficient (Wildman–Crippen LogP) is 3.29. The van der Waals surface area contributed by atoms with E-state index in [1.54, 1.807) is 16.9 Å². The SMILES string of the molecule is COCCN1C[C@@H](NC(=O)Nc2c(C)c(OCC3CN(C)CCO3)nn2-c2ccccc2)[C@H](c2ccc(F)c(F)c2)O1. The summed E-state index contributed by atoms with van der Waals surface area (Å²) < 4.78 is 46.3. The number of benzene rings is 2. The van der Waals surface area contributed by atoms with Crippen LogP contribution in [-0.2, 0) is 14.3 Å². The number of urea groups is 1. The maximum Gasteiger partial charge on any atom is 0.320 e. The molecule has 11 nitrogen and oxygen atoms in total. The summed E-state index contributed by atoms with van der Waals surface area (Å²) in [6, 6.07) is 11.9. The van der Waals surface area contributed by atoms with E-state index in [1.165, 1.54) is 6.07 Å². The second-order valence-electron chi connectivity index (χ2n) is 10.4. The third-order valence-corrected chi connectivity index (χ3v) is 7.22. The zero-order valence-electron chi connectivity index (χ0n) is 23.9. The van der Waals surface area contributed by atoms with Crippen LogP contribution in [0.15, 0.2) is 48.5 Å². The summed E-state index contributed by atoms with van der Waals surface area (Å²) in [5.74, 6) is -1.15. The molecule has 0 aliphatic carbocycles. The number of likely N-dealkylation sites (N-methyl/N-ethyl adjacent to an activating group) is 1. The van der Waals surface area contributed by atoms with Crippen molar-refractivity contribution in [3.05, 3.63) is 71.3 Å². The summed E-state index contributed by atoms with van der Waals surface area (Å²) >= 11 is 0. The Morgan fingerprint density at radius 2 is 1.95 bits per heavy atom. The Morgan fingerprint density at radius 1 is 1.14 bits per heavy atom. The van der Waals surface area contributed by atoms with Gasteiger partial charge < -0.3 is 24.4 Å². The molecular formula is C29H36F2N6O5. The number of methoxy groups -OCH3 is 1. The summed E-state index contributed by atoms with van der Waals surface area (Å²) in [7, 11) is 3.61. The van der Waals surface area contributed by atoms with E-state index in [0.29, 0.717) is 55.7 Å². The van der Waals surface area contributed by atoms with Crippen molar-refractivity contribution in [1.29, 1.82) is 0 Å². The first kappa shape index (κ1) is 29.9. The number of hydrogen-bond donors (Lipinski definition) is 2. The lowest BCUT2D eigenvalue weighted by Crippen LogP contribution is -2.42. The molecule has 13 heteroatoms. The molecule has 2 aromatic carbocycles. The van der Waals surface area contributed by atoms with E-state index >= 15 is 0 Å². The minimum Gasteiger partial charge on any atom is -0.474 e. The van der Waals surface area contributed by atoms with Crippen LogP contribution < -0.4 is 15.4 Å². The monoisotopic (exact) mass is 586 g/mol. The molecule has 2 aliphatic rings. The number of amides is 2. The minimum atomic E-state index is -0.991. The summed E-state index contributed by atoms with van der Waals surface area (Å²) in [6.45, 7) is 5.51.